The highest BCUT2D eigenvalue weighted by atomic mass is 32.1. The lowest BCUT2D eigenvalue weighted by Crippen LogP contribution is -2.54. The number of rotatable bonds is 13. The maximum atomic E-state index is 13.3. The van der Waals surface area contributed by atoms with Crippen molar-refractivity contribution < 1.29 is 28.7 Å². The minimum absolute atomic E-state index is 0.0491. The Kier molecular flexibility index (Phi) is 10.9. The van der Waals surface area contributed by atoms with E-state index < -0.39 is 29.7 Å². The Bertz CT molecular complexity index is 2480. The van der Waals surface area contributed by atoms with Crippen molar-refractivity contribution in [2.45, 2.75) is 62.9 Å². The van der Waals surface area contributed by atoms with Gasteiger partial charge in [0.1, 0.15) is 17.1 Å². The van der Waals surface area contributed by atoms with E-state index in [9.17, 15) is 29.2 Å². The number of nitrogens with one attached hydrogen (secondary N) is 4. The van der Waals surface area contributed by atoms with Gasteiger partial charge in [-0.15, -0.1) is 10.2 Å². The molecule has 5 amide bonds. The first-order valence-corrected chi connectivity index (χ1v) is 19.9. The molecule has 58 heavy (non-hydrogen) atoms. The molecule has 0 spiro atoms. The number of pyridine rings is 1. The van der Waals surface area contributed by atoms with Crippen LogP contribution < -0.4 is 21.3 Å². The minimum Gasteiger partial charge on any atom is -0.387 e. The van der Waals surface area contributed by atoms with E-state index in [0.717, 1.165) is 68.8 Å². The average Bonchev–Trinajstić information content (AvgIpc) is 3.96. The number of carbonyl (C=O) groups excluding carboxylic acids is 5. The van der Waals surface area contributed by atoms with Crippen LogP contribution in [0.25, 0.3) is 27.5 Å². The first-order chi connectivity index (χ1) is 28.2. The van der Waals surface area contributed by atoms with Gasteiger partial charge in [0.15, 0.2) is 5.01 Å². The highest BCUT2D eigenvalue weighted by Crippen LogP contribution is 2.39. The van der Waals surface area contributed by atoms with Crippen molar-refractivity contribution in [2.24, 2.45) is 0 Å². The van der Waals surface area contributed by atoms with Crippen LogP contribution in [0.2, 0.25) is 0 Å². The molecule has 2 fully saturated rings. The average molecular weight is 802 g/mol. The van der Waals surface area contributed by atoms with E-state index in [1.165, 1.54) is 6.20 Å². The molecule has 2 aliphatic heterocycles. The molecule has 8 rings (SSSR count). The molecular weight excluding hydrogens is 763 g/mol. The molecule has 1 unspecified atom stereocenters. The number of piperidine rings is 1. The number of nitriles is 1. The summed E-state index contributed by atoms with van der Waals surface area (Å²) < 4.78 is 7.46. The predicted molar refractivity (Wildman–Crippen MR) is 212 cm³/mol. The monoisotopic (exact) mass is 801 g/mol. The van der Waals surface area contributed by atoms with Crippen LogP contribution in [0, 0.1) is 11.3 Å². The second-order valence-electron chi connectivity index (χ2n) is 14.3. The molecule has 18 heteroatoms. The molecule has 4 aromatic heterocycles. The van der Waals surface area contributed by atoms with E-state index in [1.54, 1.807) is 46.3 Å². The van der Waals surface area contributed by atoms with Crippen LogP contribution in [0.5, 0.6) is 0 Å². The van der Waals surface area contributed by atoms with Gasteiger partial charge in [-0.3, -0.25) is 39.2 Å². The largest absolute Gasteiger partial charge is 0.387 e. The lowest BCUT2D eigenvalue weighted by Gasteiger charge is -2.27. The Labute approximate surface area is 336 Å². The zero-order valence-electron chi connectivity index (χ0n) is 31.5. The van der Waals surface area contributed by atoms with Crippen molar-refractivity contribution in [3.05, 3.63) is 76.6 Å². The Balaban J connectivity index is 0.772. The summed E-state index contributed by atoms with van der Waals surface area (Å²) in [4.78, 5) is 68.7. The minimum atomic E-state index is -1.04. The third-order valence-electron chi connectivity index (χ3n) is 10.7. The van der Waals surface area contributed by atoms with E-state index in [1.807, 2.05) is 25.2 Å². The first-order valence-electron chi connectivity index (χ1n) is 19.1. The number of benzene rings is 1. The maximum absolute atomic E-state index is 13.3. The fraction of sp³-hybridized carbons (Fsp3) is 0.350. The number of aromatic nitrogens is 5. The number of hydrogen-bond donors (Lipinski definition) is 4. The van der Waals surface area contributed by atoms with Crippen LogP contribution in [0.4, 0.5) is 11.4 Å². The predicted octanol–water partition coefficient (Wildman–Crippen LogP) is 3.89. The Morgan fingerprint density at radius 1 is 0.983 bits per heavy atom. The summed E-state index contributed by atoms with van der Waals surface area (Å²) >= 11 is 1.56. The lowest BCUT2D eigenvalue weighted by atomic mass is 9.86. The SMILES string of the molecule is CNc1cc(-c2ccc3cc(C#N)cnn23)ncc1-c1nnc([C@H]2CC[C@@H](NC(=O)CCOCCNc3cccc4c3C(=O)N(C3CCC(=O)NC3=O)C4=O)CC2)s1. The number of hydrogen-bond acceptors (Lipinski definition) is 14. The van der Waals surface area contributed by atoms with Gasteiger partial charge in [0.2, 0.25) is 17.7 Å². The summed E-state index contributed by atoms with van der Waals surface area (Å²) in [5.74, 6) is -2.08. The fourth-order valence-electron chi connectivity index (χ4n) is 7.71. The van der Waals surface area contributed by atoms with Gasteiger partial charge in [0, 0.05) is 56.0 Å². The highest BCUT2D eigenvalue weighted by Gasteiger charge is 2.45. The molecule has 296 valence electrons. The zero-order chi connectivity index (χ0) is 40.3. The van der Waals surface area contributed by atoms with Gasteiger partial charge in [-0.05, 0) is 68.5 Å². The third kappa shape index (κ3) is 7.61. The molecule has 1 saturated heterocycles. The van der Waals surface area contributed by atoms with Gasteiger partial charge < -0.3 is 20.7 Å². The molecule has 0 bridgehead atoms. The number of carbonyl (C=O) groups is 5. The van der Waals surface area contributed by atoms with Crippen molar-refractivity contribution in [2.75, 3.05) is 37.4 Å². The van der Waals surface area contributed by atoms with Gasteiger partial charge >= 0.3 is 0 Å². The number of imide groups is 2. The third-order valence-corrected chi connectivity index (χ3v) is 11.8. The van der Waals surface area contributed by atoms with Gasteiger partial charge in [0.25, 0.3) is 11.8 Å². The summed E-state index contributed by atoms with van der Waals surface area (Å²) in [6.07, 6.45) is 7.07. The summed E-state index contributed by atoms with van der Waals surface area (Å²) in [7, 11) is 1.85. The molecular formula is C40H39N11O6S. The van der Waals surface area contributed by atoms with Crippen molar-refractivity contribution in [3.63, 3.8) is 0 Å². The normalized spacial score (nSPS) is 19.2. The molecule has 0 radical (unpaired) electrons. The van der Waals surface area contributed by atoms with Crippen molar-refractivity contribution in [3.8, 4) is 28.0 Å². The number of amides is 5. The van der Waals surface area contributed by atoms with Crippen LogP contribution in [0.1, 0.15) is 82.2 Å². The molecule has 4 N–H and O–H groups in total. The summed E-state index contributed by atoms with van der Waals surface area (Å²) in [6.45, 7) is 0.798. The van der Waals surface area contributed by atoms with E-state index in [-0.39, 0.29) is 61.5 Å². The van der Waals surface area contributed by atoms with Gasteiger partial charge in [-0.1, -0.05) is 17.4 Å². The van der Waals surface area contributed by atoms with Crippen molar-refractivity contribution in [1.82, 2.24) is 40.3 Å². The lowest BCUT2D eigenvalue weighted by molar-refractivity contribution is -0.136. The molecule has 1 aliphatic carbocycles. The summed E-state index contributed by atoms with van der Waals surface area (Å²) in [5, 5.41) is 36.2. The quantitative estimate of drug-likeness (QED) is 0.0981. The molecule has 6 heterocycles. The molecule has 3 aliphatic rings. The summed E-state index contributed by atoms with van der Waals surface area (Å²) in [6, 6.07) is 13.6. The standard InChI is InChI=1S/C40H39N11O6S/c1-42-29-18-30(31-10-9-25-17-22(19-41)20-45-51(25)31)44-21-27(29)38-49-48-37(58-38)23-5-7-24(8-6-23)46-34(53)13-15-57-16-14-43-28-4-2-3-26-35(28)40(56)50(39(26)55)32-11-12-33(52)47-36(32)54/h2-4,9-10,17-18,20-21,23-24,32,43H,5-8,11-16H2,1H3,(H,42,44)(H,46,53)(H,47,52,54)/t23-,24+,32?. The molecule has 1 aromatic carbocycles. The molecule has 17 nitrogen and oxygen atoms in total. The van der Waals surface area contributed by atoms with Gasteiger partial charge in [0.05, 0.1) is 58.6 Å². The van der Waals surface area contributed by atoms with Crippen LogP contribution in [0.15, 0.2) is 54.9 Å². The van der Waals surface area contributed by atoms with Gasteiger partial charge in [-0.2, -0.15) is 10.4 Å². The fourth-order valence-corrected chi connectivity index (χ4v) is 8.74. The summed E-state index contributed by atoms with van der Waals surface area (Å²) in [5.41, 5.74) is 5.36. The Morgan fingerprint density at radius 2 is 1.83 bits per heavy atom. The topological polar surface area (TPSA) is 226 Å². The van der Waals surface area contributed by atoms with Crippen LogP contribution >= 0.6 is 11.3 Å². The molecule has 5 aromatic rings. The van der Waals surface area contributed by atoms with Crippen LogP contribution in [-0.2, 0) is 19.1 Å². The number of nitrogens with zero attached hydrogens (tertiary/aromatic N) is 7. The Morgan fingerprint density at radius 3 is 2.62 bits per heavy atom. The smallest absolute Gasteiger partial charge is 0.264 e. The second-order valence-corrected chi connectivity index (χ2v) is 15.3. The Hall–Kier alpha value is -6.58. The molecule has 1 atom stereocenters. The van der Waals surface area contributed by atoms with E-state index in [0.29, 0.717) is 17.8 Å². The van der Waals surface area contributed by atoms with E-state index in [2.05, 4.69) is 42.6 Å². The van der Waals surface area contributed by atoms with Crippen LogP contribution in [-0.4, -0.2) is 98.1 Å². The maximum Gasteiger partial charge on any atom is 0.264 e. The van der Waals surface area contributed by atoms with Crippen molar-refractivity contribution >= 4 is 57.8 Å². The van der Waals surface area contributed by atoms with E-state index >= 15 is 0 Å². The number of ether oxygens (including phenoxy) is 1. The molecule has 1 saturated carbocycles. The van der Waals surface area contributed by atoms with Crippen LogP contribution in [0.3, 0.4) is 0 Å². The number of anilines is 2. The first kappa shape index (κ1) is 38.3. The second kappa shape index (κ2) is 16.5. The highest BCUT2D eigenvalue weighted by molar-refractivity contribution is 7.14. The number of fused-ring (bicyclic) bond motifs is 2. The zero-order valence-corrected chi connectivity index (χ0v) is 32.3. The van der Waals surface area contributed by atoms with Crippen molar-refractivity contribution in [1.29, 1.82) is 5.26 Å². The van der Waals surface area contributed by atoms with E-state index in [4.69, 9.17) is 9.72 Å². The van der Waals surface area contributed by atoms with Gasteiger partial charge in [-0.25, -0.2) is 4.52 Å².